The Labute approximate surface area is 95.2 Å². The number of thioether (sulfide) groups is 1. The molecular weight excluding hydrogens is 266 g/mol. The second-order valence-corrected chi connectivity index (χ2v) is 4.38. The zero-order chi connectivity index (χ0) is 10.7. The number of carbonyl (C=O) groups excluding carboxylic acids is 1. The van der Waals surface area contributed by atoms with Gasteiger partial charge < -0.3 is 4.90 Å². The van der Waals surface area contributed by atoms with E-state index in [4.69, 9.17) is 0 Å². The molecule has 76 valence electrons. The zero-order valence-electron chi connectivity index (χ0n) is 8.11. The maximum atomic E-state index is 11.6. The first-order chi connectivity index (χ1) is 6.56. The molecule has 1 heterocycles. The molecule has 1 aromatic heterocycles. The second kappa shape index (κ2) is 4.75. The highest BCUT2D eigenvalue weighted by Crippen LogP contribution is 2.17. The van der Waals surface area contributed by atoms with Gasteiger partial charge in [-0.3, -0.25) is 4.79 Å². The number of halogens is 1. The highest BCUT2D eigenvalue weighted by atomic mass is 79.9. The van der Waals surface area contributed by atoms with Crippen LogP contribution in [0.2, 0.25) is 0 Å². The summed E-state index contributed by atoms with van der Waals surface area (Å²) >= 11 is 4.65. The van der Waals surface area contributed by atoms with Gasteiger partial charge in [-0.15, -0.1) is 0 Å². The maximum absolute atomic E-state index is 11.6. The predicted molar refractivity (Wildman–Crippen MR) is 59.5 cm³/mol. The Morgan fingerprint density at radius 2 is 2.21 bits per heavy atom. The normalized spacial score (nSPS) is 10.0. The summed E-state index contributed by atoms with van der Waals surface area (Å²) in [7, 11) is 3.38. The molecule has 14 heavy (non-hydrogen) atoms. The number of carbonyl (C=O) groups is 1. The Morgan fingerprint density at radius 1 is 1.57 bits per heavy atom. The van der Waals surface area contributed by atoms with Crippen molar-refractivity contribution in [3.63, 3.8) is 0 Å². The third-order valence-corrected chi connectivity index (χ3v) is 2.66. The molecule has 1 rings (SSSR count). The predicted octanol–water partition coefficient (Wildman–Crippen LogP) is 1.66. The van der Waals surface area contributed by atoms with Gasteiger partial charge in [0, 0.05) is 20.3 Å². The van der Waals surface area contributed by atoms with E-state index >= 15 is 0 Å². The average Bonchev–Trinajstić information content (AvgIpc) is 2.17. The molecule has 0 atom stereocenters. The smallest absolute Gasteiger partial charge is 0.273 e. The van der Waals surface area contributed by atoms with Crippen LogP contribution in [-0.4, -0.2) is 41.1 Å². The van der Waals surface area contributed by atoms with Gasteiger partial charge in [-0.2, -0.15) is 0 Å². The van der Waals surface area contributed by atoms with Gasteiger partial charge in [0.25, 0.3) is 5.91 Å². The Morgan fingerprint density at radius 3 is 2.71 bits per heavy atom. The highest BCUT2D eigenvalue weighted by molar-refractivity contribution is 9.10. The van der Waals surface area contributed by atoms with E-state index in [1.807, 2.05) is 6.26 Å². The van der Waals surface area contributed by atoms with E-state index in [0.29, 0.717) is 15.3 Å². The first-order valence-corrected chi connectivity index (χ1v) is 5.86. The van der Waals surface area contributed by atoms with E-state index in [2.05, 4.69) is 25.9 Å². The van der Waals surface area contributed by atoms with Crippen molar-refractivity contribution in [2.75, 3.05) is 20.4 Å². The van der Waals surface area contributed by atoms with E-state index in [1.54, 1.807) is 20.3 Å². The molecule has 1 amide bonds. The van der Waals surface area contributed by atoms with Gasteiger partial charge in [0.2, 0.25) is 0 Å². The third kappa shape index (κ3) is 2.45. The Hall–Kier alpha value is -0.620. The maximum Gasteiger partial charge on any atom is 0.273 e. The summed E-state index contributed by atoms with van der Waals surface area (Å²) in [5.74, 6) is -0.130. The number of aromatic nitrogens is 2. The molecule has 0 aliphatic heterocycles. The van der Waals surface area contributed by atoms with E-state index in [1.165, 1.54) is 16.7 Å². The van der Waals surface area contributed by atoms with Crippen molar-refractivity contribution < 1.29 is 4.79 Å². The largest absolute Gasteiger partial charge is 0.343 e. The fourth-order valence-electron chi connectivity index (χ4n) is 0.811. The summed E-state index contributed by atoms with van der Waals surface area (Å²) in [5.41, 5.74) is 0.398. The standard InChI is InChI=1S/C8H10BrN3OS/c1-12(2)7(13)6-5(9)4-10-8(11-6)14-3/h4H,1-3H3. The van der Waals surface area contributed by atoms with E-state index in [0.717, 1.165) is 0 Å². The average molecular weight is 276 g/mol. The zero-order valence-corrected chi connectivity index (χ0v) is 10.5. The molecular formula is C8H10BrN3OS. The van der Waals surface area contributed by atoms with Crippen molar-refractivity contribution in [2.45, 2.75) is 5.16 Å². The Balaban J connectivity index is 3.12. The first kappa shape index (κ1) is 11.5. The number of rotatable bonds is 2. The van der Waals surface area contributed by atoms with Crippen molar-refractivity contribution in [3.8, 4) is 0 Å². The first-order valence-electron chi connectivity index (χ1n) is 3.84. The highest BCUT2D eigenvalue weighted by Gasteiger charge is 2.14. The van der Waals surface area contributed by atoms with Crippen molar-refractivity contribution in [3.05, 3.63) is 16.4 Å². The lowest BCUT2D eigenvalue weighted by Gasteiger charge is -2.10. The molecule has 0 fully saturated rings. The van der Waals surface area contributed by atoms with Gasteiger partial charge >= 0.3 is 0 Å². The fourth-order valence-corrected chi connectivity index (χ4v) is 1.51. The molecule has 0 unspecified atom stereocenters. The molecule has 0 spiro atoms. The molecule has 0 aliphatic carbocycles. The van der Waals surface area contributed by atoms with Crippen LogP contribution < -0.4 is 0 Å². The second-order valence-electron chi connectivity index (χ2n) is 2.75. The lowest BCUT2D eigenvalue weighted by Crippen LogP contribution is -2.23. The van der Waals surface area contributed by atoms with Crippen LogP contribution in [0.3, 0.4) is 0 Å². The topological polar surface area (TPSA) is 46.1 Å². The molecule has 0 saturated carbocycles. The molecule has 0 radical (unpaired) electrons. The third-order valence-electron chi connectivity index (χ3n) is 1.51. The van der Waals surface area contributed by atoms with Crippen molar-refractivity contribution in [2.24, 2.45) is 0 Å². The van der Waals surface area contributed by atoms with Gasteiger partial charge in [-0.25, -0.2) is 9.97 Å². The molecule has 0 N–H and O–H groups in total. The number of amides is 1. The molecule has 0 aliphatic rings. The van der Waals surface area contributed by atoms with Crippen molar-refractivity contribution in [1.29, 1.82) is 0 Å². The van der Waals surface area contributed by atoms with Crippen LogP contribution in [0.5, 0.6) is 0 Å². The minimum Gasteiger partial charge on any atom is -0.343 e. The number of hydrogen-bond donors (Lipinski definition) is 0. The summed E-state index contributed by atoms with van der Waals surface area (Å²) in [6, 6.07) is 0. The quantitative estimate of drug-likeness (QED) is 0.609. The molecule has 1 aromatic rings. The van der Waals surface area contributed by atoms with E-state index in [9.17, 15) is 4.79 Å². The lowest BCUT2D eigenvalue weighted by molar-refractivity contribution is 0.0820. The Bertz CT molecular complexity index is 356. The van der Waals surface area contributed by atoms with Gasteiger partial charge in [-0.05, 0) is 22.2 Å². The van der Waals surface area contributed by atoms with E-state index < -0.39 is 0 Å². The molecule has 4 nitrogen and oxygen atoms in total. The SMILES string of the molecule is CSc1ncc(Br)c(C(=O)N(C)C)n1. The van der Waals surface area contributed by atoms with Crippen molar-refractivity contribution >= 4 is 33.6 Å². The molecule has 0 saturated heterocycles. The van der Waals surface area contributed by atoms with Crippen LogP contribution in [0.25, 0.3) is 0 Å². The van der Waals surface area contributed by atoms with Crippen LogP contribution in [-0.2, 0) is 0 Å². The molecule has 0 bridgehead atoms. The fraction of sp³-hybridized carbons (Fsp3) is 0.375. The number of hydrogen-bond acceptors (Lipinski definition) is 4. The number of nitrogens with zero attached hydrogens (tertiary/aromatic N) is 3. The summed E-state index contributed by atoms with van der Waals surface area (Å²) < 4.78 is 0.619. The lowest BCUT2D eigenvalue weighted by atomic mass is 10.4. The Kier molecular flexibility index (Phi) is 3.88. The van der Waals surface area contributed by atoms with E-state index in [-0.39, 0.29) is 5.91 Å². The molecule has 6 heteroatoms. The van der Waals surface area contributed by atoms with Gasteiger partial charge in [0.05, 0.1) is 4.47 Å². The van der Waals surface area contributed by atoms with Crippen molar-refractivity contribution in [1.82, 2.24) is 14.9 Å². The van der Waals surface area contributed by atoms with Crippen LogP contribution in [0.1, 0.15) is 10.5 Å². The van der Waals surface area contributed by atoms with Crippen LogP contribution in [0.15, 0.2) is 15.8 Å². The van der Waals surface area contributed by atoms with Gasteiger partial charge in [0.15, 0.2) is 5.16 Å². The summed E-state index contributed by atoms with van der Waals surface area (Å²) in [4.78, 5) is 21.3. The van der Waals surface area contributed by atoms with Crippen LogP contribution in [0.4, 0.5) is 0 Å². The van der Waals surface area contributed by atoms with Crippen LogP contribution >= 0.6 is 27.7 Å². The summed E-state index contributed by atoms with van der Waals surface area (Å²) in [6.45, 7) is 0. The van der Waals surface area contributed by atoms with Gasteiger partial charge in [-0.1, -0.05) is 11.8 Å². The van der Waals surface area contributed by atoms with Crippen LogP contribution in [0, 0.1) is 0 Å². The monoisotopic (exact) mass is 275 g/mol. The summed E-state index contributed by atoms with van der Waals surface area (Å²) in [6.07, 6.45) is 3.46. The molecule has 0 aromatic carbocycles. The minimum absolute atomic E-state index is 0.130. The minimum atomic E-state index is -0.130. The van der Waals surface area contributed by atoms with Gasteiger partial charge in [0.1, 0.15) is 5.69 Å². The summed E-state index contributed by atoms with van der Waals surface area (Å²) in [5, 5.41) is 0.596.